The number of hydrogen-bond acceptors (Lipinski definition) is 5. The number of hydrogen-bond donors (Lipinski definition) is 0. The molecule has 0 radical (unpaired) electrons. The predicted octanol–water partition coefficient (Wildman–Crippen LogP) is 4.72. The van der Waals surface area contributed by atoms with Gasteiger partial charge in [0, 0.05) is 12.0 Å². The zero-order valence-electron chi connectivity index (χ0n) is 16.4. The highest BCUT2D eigenvalue weighted by atomic mass is 16.5. The first kappa shape index (κ1) is 18.4. The van der Waals surface area contributed by atoms with E-state index in [1.807, 2.05) is 6.07 Å². The summed E-state index contributed by atoms with van der Waals surface area (Å²) in [6, 6.07) is 12.7. The third kappa shape index (κ3) is 3.88. The van der Waals surface area contributed by atoms with Gasteiger partial charge >= 0.3 is 0 Å². The van der Waals surface area contributed by atoms with E-state index in [9.17, 15) is 0 Å². The van der Waals surface area contributed by atoms with Gasteiger partial charge in [-0.1, -0.05) is 44.1 Å². The van der Waals surface area contributed by atoms with Crippen LogP contribution in [-0.2, 0) is 12.0 Å². The van der Waals surface area contributed by atoms with E-state index in [-0.39, 0.29) is 11.5 Å². The van der Waals surface area contributed by atoms with Gasteiger partial charge in [-0.2, -0.15) is 4.98 Å². The van der Waals surface area contributed by atoms with Crippen molar-refractivity contribution in [3.63, 3.8) is 0 Å². The van der Waals surface area contributed by atoms with Crippen molar-refractivity contribution in [2.24, 2.45) is 0 Å². The van der Waals surface area contributed by atoms with Gasteiger partial charge in [-0.05, 0) is 48.5 Å². The van der Waals surface area contributed by atoms with Gasteiger partial charge < -0.3 is 9.26 Å². The Morgan fingerprint density at radius 3 is 2.46 bits per heavy atom. The molecule has 3 aromatic rings. The first-order valence-corrected chi connectivity index (χ1v) is 8.89. The van der Waals surface area contributed by atoms with Crippen molar-refractivity contribution in [2.45, 2.75) is 45.7 Å². The minimum absolute atomic E-state index is 0.0464. The molecule has 0 aliphatic carbocycles. The highest BCUT2D eigenvalue weighted by Gasteiger charge is 2.24. The highest BCUT2D eigenvalue weighted by Crippen LogP contribution is 2.26. The lowest BCUT2D eigenvalue weighted by Crippen LogP contribution is -2.22. The van der Waals surface area contributed by atoms with E-state index in [0.717, 1.165) is 18.1 Å². The molecule has 1 atom stereocenters. The predicted molar refractivity (Wildman–Crippen MR) is 103 cm³/mol. The van der Waals surface area contributed by atoms with Crippen molar-refractivity contribution in [2.75, 3.05) is 14.2 Å². The average molecular weight is 353 g/mol. The molecule has 0 aliphatic rings. The topological polar surface area (TPSA) is 51.4 Å². The van der Waals surface area contributed by atoms with Gasteiger partial charge in [-0.3, -0.25) is 4.90 Å². The third-order valence-corrected chi connectivity index (χ3v) is 4.67. The van der Waals surface area contributed by atoms with Gasteiger partial charge in [0.1, 0.15) is 5.75 Å². The number of aromatic nitrogens is 2. The van der Waals surface area contributed by atoms with Gasteiger partial charge in [0.05, 0.1) is 13.2 Å². The van der Waals surface area contributed by atoms with Crippen molar-refractivity contribution < 1.29 is 9.26 Å². The van der Waals surface area contributed by atoms with Crippen LogP contribution in [0.15, 0.2) is 40.9 Å². The average Bonchev–Trinajstić information content (AvgIpc) is 3.11. The van der Waals surface area contributed by atoms with Crippen molar-refractivity contribution in [1.82, 2.24) is 15.0 Å². The maximum Gasteiger partial charge on any atom is 0.243 e. The van der Waals surface area contributed by atoms with Crippen LogP contribution in [0.2, 0.25) is 0 Å². The summed E-state index contributed by atoms with van der Waals surface area (Å²) in [6.45, 7) is 9.14. The summed E-state index contributed by atoms with van der Waals surface area (Å²) in [5, 5.41) is 6.51. The minimum Gasteiger partial charge on any atom is -0.497 e. The van der Waals surface area contributed by atoms with Gasteiger partial charge in [-0.15, -0.1) is 0 Å². The number of fused-ring (bicyclic) bond motifs is 1. The molecule has 26 heavy (non-hydrogen) atoms. The Morgan fingerprint density at radius 1 is 1.12 bits per heavy atom. The Labute approximate surface area is 155 Å². The van der Waals surface area contributed by atoms with E-state index >= 15 is 0 Å². The van der Waals surface area contributed by atoms with Crippen LogP contribution in [0.25, 0.3) is 10.8 Å². The second-order valence-electron chi connectivity index (χ2n) is 7.84. The quantitative estimate of drug-likeness (QED) is 0.664. The number of benzene rings is 2. The largest absolute Gasteiger partial charge is 0.497 e. The smallest absolute Gasteiger partial charge is 0.243 e. The summed E-state index contributed by atoms with van der Waals surface area (Å²) in [5.74, 6) is 2.28. The van der Waals surface area contributed by atoms with Crippen LogP contribution in [0.3, 0.4) is 0 Å². The lowest BCUT2D eigenvalue weighted by atomic mass is 9.96. The molecule has 1 aromatic heterocycles. The van der Waals surface area contributed by atoms with Crippen molar-refractivity contribution in [1.29, 1.82) is 0 Å². The SMILES string of the molecule is COc1ccc2cc(CN(C)[C@H](C)c3nc(C(C)(C)C)no3)ccc2c1. The third-order valence-electron chi connectivity index (χ3n) is 4.67. The molecule has 138 valence electrons. The van der Waals surface area contributed by atoms with E-state index in [1.165, 1.54) is 16.3 Å². The first-order valence-electron chi connectivity index (χ1n) is 8.89. The zero-order valence-corrected chi connectivity index (χ0v) is 16.4. The maximum atomic E-state index is 5.49. The fourth-order valence-corrected chi connectivity index (χ4v) is 2.82. The van der Waals surface area contributed by atoms with E-state index in [2.05, 4.69) is 80.1 Å². The van der Waals surface area contributed by atoms with Gasteiger partial charge in [0.2, 0.25) is 5.89 Å². The van der Waals surface area contributed by atoms with Crippen LogP contribution >= 0.6 is 0 Å². The standard InChI is InChI=1S/C21H27N3O2/c1-14(19-22-20(23-26-19)21(2,3)4)24(5)13-15-7-8-17-12-18(25-6)10-9-16(17)11-15/h7-12,14H,13H2,1-6H3/t14-/m1/s1. The van der Waals surface area contributed by atoms with Gasteiger partial charge in [-0.25, -0.2) is 0 Å². The van der Waals surface area contributed by atoms with Crippen LogP contribution in [0.4, 0.5) is 0 Å². The normalized spacial score (nSPS) is 13.3. The number of ether oxygens (including phenoxy) is 1. The molecule has 5 heteroatoms. The summed E-state index contributed by atoms with van der Waals surface area (Å²) in [5.41, 5.74) is 1.13. The minimum atomic E-state index is -0.112. The molecule has 0 N–H and O–H groups in total. The van der Waals surface area contributed by atoms with Crippen LogP contribution in [-0.4, -0.2) is 29.2 Å². The summed E-state index contributed by atoms with van der Waals surface area (Å²) >= 11 is 0. The lowest BCUT2D eigenvalue weighted by Gasteiger charge is -2.22. The summed E-state index contributed by atoms with van der Waals surface area (Å²) in [7, 11) is 3.76. The Hall–Kier alpha value is -2.40. The molecule has 0 bridgehead atoms. The molecular weight excluding hydrogens is 326 g/mol. The molecule has 2 aromatic carbocycles. The van der Waals surface area contributed by atoms with E-state index < -0.39 is 0 Å². The molecule has 3 rings (SSSR count). The molecule has 0 saturated carbocycles. The van der Waals surface area contributed by atoms with Crippen molar-refractivity contribution in [3.8, 4) is 5.75 Å². The highest BCUT2D eigenvalue weighted by molar-refractivity contribution is 5.84. The Bertz CT molecular complexity index is 896. The van der Waals surface area contributed by atoms with Crippen LogP contribution in [0.1, 0.15) is 51.0 Å². The summed E-state index contributed by atoms with van der Waals surface area (Å²) in [6.07, 6.45) is 0. The van der Waals surface area contributed by atoms with E-state index in [4.69, 9.17) is 9.26 Å². The van der Waals surface area contributed by atoms with Gasteiger partial charge in [0.15, 0.2) is 5.82 Å². The number of rotatable bonds is 5. The molecule has 0 spiro atoms. The number of nitrogens with zero attached hydrogens (tertiary/aromatic N) is 3. The summed E-state index contributed by atoms with van der Waals surface area (Å²) < 4.78 is 10.8. The number of methoxy groups -OCH3 is 1. The molecule has 1 heterocycles. The van der Waals surface area contributed by atoms with E-state index in [0.29, 0.717) is 5.89 Å². The van der Waals surface area contributed by atoms with Crippen LogP contribution < -0.4 is 4.74 Å². The Morgan fingerprint density at radius 2 is 1.81 bits per heavy atom. The molecule has 0 unspecified atom stereocenters. The molecule has 0 aliphatic heterocycles. The maximum absolute atomic E-state index is 5.49. The fraction of sp³-hybridized carbons (Fsp3) is 0.429. The second kappa shape index (κ2) is 7.08. The van der Waals surface area contributed by atoms with Gasteiger partial charge in [0.25, 0.3) is 0 Å². The van der Waals surface area contributed by atoms with Crippen LogP contribution in [0, 0.1) is 0 Å². The molecular formula is C21H27N3O2. The summed E-state index contributed by atoms with van der Waals surface area (Å²) in [4.78, 5) is 6.79. The molecule has 0 fully saturated rings. The Kier molecular flexibility index (Phi) is 5.01. The Balaban J connectivity index is 1.75. The first-order chi connectivity index (χ1) is 12.3. The molecule has 0 amide bonds. The van der Waals surface area contributed by atoms with E-state index in [1.54, 1.807) is 7.11 Å². The van der Waals surface area contributed by atoms with Crippen molar-refractivity contribution in [3.05, 3.63) is 53.7 Å². The van der Waals surface area contributed by atoms with Crippen LogP contribution in [0.5, 0.6) is 5.75 Å². The second-order valence-corrected chi connectivity index (χ2v) is 7.84. The van der Waals surface area contributed by atoms with Crippen molar-refractivity contribution >= 4 is 10.8 Å². The fourth-order valence-electron chi connectivity index (χ4n) is 2.82. The molecule has 0 saturated heterocycles. The zero-order chi connectivity index (χ0) is 18.9. The molecule has 5 nitrogen and oxygen atoms in total. The lowest BCUT2D eigenvalue weighted by molar-refractivity contribution is 0.202. The monoisotopic (exact) mass is 353 g/mol.